The van der Waals surface area contributed by atoms with Gasteiger partial charge in [-0.2, -0.15) is 0 Å². The molecular formula is C15H13ClINO3. The minimum Gasteiger partial charge on any atom is -0.493 e. The second-order valence-electron chi connectivity index (χ2n) is 4.20. The molecule has 1 N–H and O–H groups in total. The summed E-state index contributed by atoms with van der Waals surface area (Å²) in [5, 5.41) is 12.3. The van der Waals surface area contributed by atoms with Crippen LogP contribution in [0, 0.1) is 3.57 Å². The Bertz CT molecular complexity index is 661. The first-order valence-electron chi connectivity index (χ1n) is 6.06. The number of oxime groups is 1. The number of hydrogen-bond donors (Lipinski definition) is 1. The standard InChI is InChI=1S/C15H13ClINO3/c1-20-14-7-11(8-18-19)6-13(17)15(14)21-9-10-3-2-4-12(16)5-10/h2-8,19H,9H2,1H3/b18-8+. The summed E-state index contributed by atoms with van der Waals surface area (Å²) in [5.41, 5.74) is 1.70. The van der Waals surface area contributed by atoms with E-state index in [-0.39, 0.29) is 0 Å². The third kappa shape index (κ3) is 4.25. The molecule has 4 nitrogen and oxygen atoms in total. The van der Waals surface area contributed by atoms with Gasteiger partial charge in [-0.3, -0.25) is 0 Å². The zero-order valence-corrected chi connectivity index (χ0v) is 14.1. The molecule has 0 aliphatic rings. The van der Waals surface area contributed by atoms with Crippen molar-refractivity contribution in [3.63, 3.8) is 0 Å². The molecule has 21 heavy (non-hydrogen) atoms. The van der Waals surface area contributed by atoms with Crippen LogP contribution in [-0.4, -0.2) is 18.5 Å². The highest BCUT2D eigenvalue weighted by molar-refractivity contribution is 14.1. The molecule has 0 radical (unpaired) electrons. The summed E-state index contributed by atoms with van der Waals surface area (Å²) >= 11 is 8.10. The summed E-state index contributed by atoms with van der Waals surface area (Å²) in [5.74, 6) is 1.23. The van der Waals surface area contributed by atoms with Crippen molar-refractivity contribution in [3.8, 4) is 11.5 Å². The number of ether oxygens (including phenoxy) is 2. The van der Waals surface area contributed by atoms with Crippen LogP contribution in [0.4, 0.5) is 0 Å². The van der Waals surface area contributed by atoms with Crippen molar-refractivity contribution in [1.82, 2.24) is 0 Å². The van der Waals surface area contributed by atoms with Gasteiger partial charge in [0.25, 0.3) is 0 Å². The predicted octanol–water partition coefficient (Wildman–Crippen LogP) is 4.34. The number of benzene rings is 2. The molecule has 2 aromatic carbocycles. The zero-order valence-electron chi connectivity index (χ0n) is 11.2. The number of hydrogen-bond acceptors (Lipinski definition) is 4. The van der Waals surface area contributed by atoms with Crippen LogP contribution < -0.4 is 9.47 Å². The Morgan fingerprint density at radius 2 is 2.14 bits per heavy atom. The van der Waals surface area contributed by atoms with Gasteiger partial charge in [0, 0.05) is 10.6 Å². The molecule has 0 saturated carbocycles. The minimum absolute atomic E-state index is 0.389. The maximum atomic E-state index is 8.60. The summed E-state index contributed by atoms with van der Waals surface area (Å²) in [4.78, 5) is 0. The molecule has 0 heterocycles. The Labute approximate surface area is 141 Å². The van der Waals surface area contributed by atoms with Gasteiger partial charge in [-0.1, -0.05) is 28.9 Å². The first kappa shape index (κ1) is 15.9. The van der Waals surface area contributed by atoms with E-state index in [4.69, 9.17) is 26.3 Å². The molecule has 2 rings (SSSR count). The molecule has 0 aliphatic carbocycles. The lowest BCUT2D eigenvalue weighted by Crippen LogP contribution is -2.00. The molecule has 0 aromatic heterocycles. The van der Waals surface area contributed by atoms with Gasteiger partial charge in [-0.15, -0.1) is 0 Å². The lowest BCUT2D eigenvalue weighted by Gasteiger charge is -2.13. The Hall–Kier alpha value is -1.47. The van der Waals surface area contributed by atoms with E-state index < -0.39 is 0 Å². The first-order chi connectivity index (χ1) is 10.1. The van der Waals surface area contributed by atoms with E-state index in [0.29, 0.717) is 23.1 Å². The van der Waals surface area contributed by atoms with Crippen LogP contribution >= 0.6 is 34.2 Å². The molecule has 6 heteroatoms. The van der Waals surface area contributed by atoms with Gasteiger partial charge < -0.3 is 14.7 Å². The summed E-state index contributed by atoms with van der Waals surface area (Å²) in [6.45, 7) is 0.389. The van der Waals surface area contributed by atoms with Crippen molar-refractivity contribution < 1.29 is 14.7 Å². The van der Waals surface area contributed by atoms with Crippen LogP contribution in [0.1, 0.15) is 11.1 Å². The highest BCUT2D eigenvalue weighted by Gasteiger charge is 2.11. The molecule has 0 fully saturated rings. The fourth-order valence-corrected chi connectivity index (χ4v) is 2.80. The third-order valence-electron chi connectivity index (χ3n) is 2.73. The average molecular weight is 418 g/mol. The monoisotopic (exact) mass is 417 g/mol. The summed E-state index contributed by atoms with van der Waals surface area (Å²) in [6.07, 6.45) is 1.34. The Kier molecular flexibility index (Phi) is 5.69. The van der Waals surface area contributed by atoms with Gasteiger partial charge in [0.05, 0.1) is 16.9 Å². The van der Waals surface area contributed by atoms with Crippen molar-refractivity contribution in [2.75, 3.05) is 7.11 Å². The number of nitrogens with zero attached hydrogens (tertiary/aromatic N) is 1. The molecule has 0 spiro atoms. The topological polar surface area (TPSA) is 51.0 Å². The second kappa shape index (κ2) is 7.51. The van der Waals surface area contributed by atoms with Gasteiger partial charge in [-0.05, 0) is 52.4 Å². The quantitative estimate of drug-likeness (QED) is 0.341. The molecule has 0 aliphatic heterocycles. The van der Waals surface area contributed by atoms with Crippen LogP contribution in [0.5, 0.6) is 11.5 Å². The van der Waals surface area contributed by atoms with E-state index in [0.717, 1.165) is 14.7 Å². The van der Waals surface area contributed by atoms with Crippen molar-refractivity contribution in [3.05, 3.63) is 56.1 Å². The minimum atomic E-state index is 0.389. The lowest BCUT2D eigenvalue weighted by molar-refractivity contribution is 0.282. The van der Waals surface area contributed by atoms with Crippen LogP contribution in [0.25, 0.3) is 0 Å². The van der Waals surface area contributed by atoms with E-state index in [1.807, 2.05) is 30.3 Å². The molecule has 0 unspecified atom stereocenters. The van der Waals surface area contributed by atoms with Crippen molar-refractivity contribution >= 4 is 40.4 Å². The van der Waals surface area contributed by atoms with Crippen LogP contribution in [-0.2, 0) is 6.61 Å². The highest BCUT2D eigenvalue weighted by Crippen LogP contribution is 2.34. The molecule has 0 amide bonds. The van der Waals surface area contributed by atoms with E-state index in [2.05, 4.69) is 27.7 Å². The first-order valence-corrected chi connectivity index (χ1v) is 7.52. The van der Waals surface area contributed by atoms with Crippen molar-refractivity contribution in [2.24, 2.45) is 5.16 Å². The lowest BCUT2D eigenvalue weighted by atomic mass is 10.2. The van der Waals surface area contributed by atoms with Crippen molar-refractivity contribution in [2.45, 2.75) is 6.61 Å². The summed E-state index contributed by atoms with van der Waals surface area (Å²) in [7, 11) is 1.57. The molecular weight excluding hydrogens is 405 g/mol. The normalized spacial score (nSPS) is 10.8. The molecule has 0 bridgehead atoms. The zero-order chi connectivity index (χ0) is 15.2. The van der Waals surface area contributed by atoms with E-state index in [1.165, 1.54) is 6.21 Å². The van der Waals surface area contributed by atoms with Crippen LogP contribution in [0.2, 0.25) is 5.02 Å². The maximum Gasteiger partial charge on any atom is 0.174 e. The largest absolute Gasteiger partial charge is 0.493 e. The van der Waals surface area contributed by atoms with Gasteiger partial charge in [-0.25, -0.2) is 0 Å². The van der Waals surface area contributed by atoms with Gasteiger partial charge in [0.1, 0.15) is 6.61 Å². The highest BCUT2D eigenvalue weighted by atomic mass is 127. The van der Waals surface area contributed by atoms with Crippen molar-refractivity contribution in [1.29, 1.82) is 0 Å². The molecule has 0 saturated heterocycles. The summed E-state index contributed by atoms with van der Waals surface area (Å²) in [6, 6.07) is 11.1. The van der Waals surface area contributed by atoms with Crippen LogP contribution in [0.3, 0.4) is 0 Å². The van der Waals surface area contributed by atoms with E-state index in [1.54, 1.807) is 13.2 Å². The van der Waals surface area contributed by atoms with Gasteiger partial charge >= 0.3 is 0 Å². The van der Waals surface area contributed by atoms with E-state index in [9.17, 15) is 0 Å². The molecule has 110 valence electrons. The Morgan fingerprint density at radius 3 is 2.81 bits per heavy atom. The SMILES string of the molecule is COc1cc(/C=N/O)cc(I)c1OCc1cccc(Cl)c1. The molecule has 2 aromatic rings. The number of halogens is 2. The fraction of sp³-hybridized carbons (Fsp3) is 0.133. The fourth-order valence-electron chi connectivity index (χ4n) is 1.80. The third-order valence-corrected chi connectivity index (χ3v) is 3.77. The Morgan fingerprint density at radius 1 is 1.33 bits per heavy atom. The Balaban J connectivity index is 2.23. The van der Waals surface area contributed by atoms with Gasteiger partial charge in [0.15, 0.2) is 11.5 Å². The number of rotatable bonds is 5. The predicted molar refractivity (Wildman–Crippen MR) is 90.9 cm³/mol. The number of methoxy groups -OCH3 is 1. The smallest absolute Gasteiger partial charge is 0.174 e. The van der Waals surface area contributed by atoms with Crippen LogP contribution in [0.15, 0.2) is 41.6 Å². The van der Waals surface area contributed by atoms with Gasteiger partial charge in [0.2, 0.25) is 0 Å². The van der Waals surface area contributed by atoms with E-state index >= 15 is 0 Å². The second-order valence-corrected chi connectivity index (χ2v) is 5.80. The average Bonchev–Trinajstić information content (AvgIpc) is 2.46. The maximum absolute atomic E-state index is 8.60. The summed E-state index contributed by atoms with van der Waals surface area (Å²) < 4.78 is 12.0. The molecule has 0 atom stereocenters.